The lowest BCUT2D eigenvalue weighted by molar-refractivity contribution is -0.118. The molecule has 2 N–H and O–H groups in total. The smallest absolute Gasteiger partial charge is 0.262 e. The van der Waals surface area contributed by atoms with Crippen molar-refractivity contribution >= 4 is 34.6 Å². The fourth-order valence-electron chi connectivity index (χ4n) is 5.75. The number of amides is 1. The summed E-state index contributed by atoms with van der Waals surface area (Å²) in [6.45, 7) is -0.0578. The van der Waals surface area contributed by atoms with Crippen LogP contribution in [0.1, 0.15) is 61.5 Å². The molecule has 7 nitrogen and oxygen atoms in total. The summed E-state index contributed by atoms with van der Waals surface area (Å²) >= 11 is 5.89. The minimum Gasteiger partial charge on any atom is -0.484 e. The molecule has 2 aromatic heterocycles. The number of hydrogen-bond donors (Lipinski definition) is 2. The highest BCUT2D eigenvalue weighted by Crippen LogP contribution is 2.42. The molecule has 0 spiro atoms. The van der Waals surface area contributed by atoms with Crippen LogP contribution >= 0.6 is 12.2 Å². The highest BCUT2D eigenvalue weighted by atomic mass is 32.1. The normalized spacial score (nSPS) is 19.3. The summed E-state index contributed by atoms with van der Waals surface area (Å²) in [6, 6.07) is 25.7. The van der Waals surface area contributed by atoms with E-state index in [2.05, 4.69) is 43.5 Å². The van der Waals surface area contributed by atoms with Crippen molar-refractivity contribution in [2.45, 2.75) is 50.2 Å². The number of para-hydroxylation sites is 1. The van der Waals surface area contributed by atoms with Crippen molar-refractivity contribution < 1.29 is 9.53 Å². The molecule has 40 heavy (non-hydrogen) atoms. The molecule has 2 aromatic carbocycles. The molecule has 2 fully saturated rings. The van der Waals surface area contributed by atoms with Crippen molar-refractivity contribution in [1.29, 1.82) is 0 Å². The molecule has 0 bridgehead atoms. The van der Waals surface area contributed by atoms with E-state index in [1.165, 1.54) is 37.7 Å². The molecule has 0 radical (unpaired) electrons. The first kappa shape index (κ1) is 26.1. The number of nitrogens with one attached hydrogen (secondary N) is 2. The maximum Gasteiger partial charge on any atom is 0.262 e. The molecule has 204 valence electrons. The summed E-state index contributed by atoms with van der Waals surface area (Å²) < 4.78 is 7.96. The molecule has 1 saturated heterocycles. The van der Waals surface area contributed by atoms with Crippen LogP contribution in [0.5, 0.6) is 5.75 Å². The number of ether oxygens (including phenoxy) is 1. The molecule has 1 amide bonds. The van der Waals surface area contributed by atoms with Gasteiger partial charge >= 0.3 is 0 Å². The van der Waals surface area contributed by atoms with Crippen molar-refractivity contribution in [2.24, 2.45) is 0 Å². The number of carbonyl (C=O) groups is 1. The van der Waals surface area contributed by atoms with Crippen LogP contribution in [0.3, 0.4) is 0 Å². The van der Waals surface area contributed by atoms with Gasteiger partial charge in [-0.2, -0.15) is 0 Å². The Morgan fingerprint density at radius 2 is 1.75 bits per heavy atom. The average Bonchev–Trinajstić information content (AvgIpc) is 3.63. The SMILES string of the molecule is O=C(COc1ccccc1)Nc1ccc(N2C(=S)N[C@@H](c3ccccn3)[C@@H]2c2ccn(C3CCCCC3)c2)cc1. The number of aromatic nitrogens is 2. The number of anilines is 2. The molecule has 0 unspecified atom stereocenters. The summed E-state index contributed by atoms with van der Waals surface area (Å²) in [6.07, 6.45) is 12.7. The van der Waals surface area contributed by atoms with E-state index in [-0.39, 0.29) is 24.6 Å². The van der Waals surface area contributed by atoms with Crippen LogP contribution in [-0.2, 0) is 4.79 Å². The Labute approximate surface area is 240 Å². The highest BCUT2D eigenvalue weighted by molar-refractivity contribution is 7.80. The fraction of sp³-hybridized carbons (Fsp3) is 0.281. The van der Waals surface area contributed by atoms with E-state index in [0.29, 0.717) is 22.6 Å². The van der Waals surface area contributed by atoms with Crippen molar-refractivity contribution in [2.75, 3.05) is 16.8 Å². The average molecular weight is 552 g/mol. The topological polar surface area (TPSA) is 71.4 Å². The Morgan fingerprint density at radius 1 is 0.975 bits per heavy atom. The van der Waals surface area contributed by atoms with Crippen LogP contribution in [-0.4, -0.2) is 27.2 Å². The Kier molecular flexibility index (Phi) is 7.77. The van der Waals surface area contributed by atoms with Crippen molar-refractivity contribution in [3.8, 4) is 5.75 Å². The lowest BCUT2D eigenvalue weighted by Gasteiger charge is -2.28. The monoisotopic (exact) mass is 551 g/mol. The predicted octanol–water partition coefficient (Wildman–Crippen LogP) is 6.58. The van der Waals surface area contributed by atoms with E-state index in [9.17, 15) is 4.79 Å². The predicted molar refractivity (Wildman–Crippen MR) is 161 cm³/mol. The lowest BCUT2D eigenvalue weighted by Crippen LogP contribution is -2.29. The van der Waals surface area contributed by atoms with Gasteiger partial charge in [0.1, 0.15) is 5.75 Å². The molecule has 3 heterocycles. The lowest BCUT2D eigenvalue weighted by atomic mass is 9.95. The van der Waals surface area contributed by atoms with Crippen LogP contribution in [0, 0.1) is 0 Å². The molecule has 2 atom stereocenters. The fourth-order valence-corrected chi connectivity index (χ4v) is 6.10. The second-order valence-corrected chi connectivity index (χ2v) is 10.8. The molecule has 8 heteroatoms. The summed E-state index contributed by atoms with van der Waals surface area (Å²) in [5.74, 6) is 0.445. The quantitative estimate of drug-likeness (QED) is 0.241. The largest absolute Gasteiger partial charge is 0.484 e. The number of nitrogens with zero attached hydrogens (tertiary/aromatic N) is 3. The van der Waals surface area contributed by atoms with E-state index >= 15 is 0 Å². The summed E-state index contributed by atoms with van der Waals surface area (Å²) in [5, 5.41) is 7.10. The molecule has 1 aliphatic carbocycles. The van der Waals surface area contributed by atoms with Crippen LogP contribution < -0.4 is 20.3 Å². The van der Waals surface area contributed by atoms with E-state index in [0.717, 1.165) is 11.4 Å². The second kappa shape index (κ2) is 11.9. The summed E-state index contributed by atoms with van der Waals surface area (Å²) in [5.41, 5.74) is 3.80. The van der Waals surface area contributed by atoms with Crippen molar-refractivity contribution in [3.63, 3.8) is 0 Å². The van der Waals surface area contributed by atoms with Crippen LogP contribution in [0.25, 0.3) is 0 Å². The standard InChI is InChI=1S/C32H33N5O2S/c38-29(22-39-27-11-5-2-6-12-27)34-24-14-16-26(17-15-24)37-31(30(35-32(37)40)28-13-7-8-19-33-28)23-18-20-36(21-23)25-9-3-1-4-10-25/h2,5-8,11-21,25,30-31H,1,3-4,9-10,22H2,(H,34,38)(H,35,40)/t30-,31-/m0/s1. The number of benzene rings is 2. The number of rotatable bonds is 8. The van der Waals surface area contributed by atoms with Gasteiger partial charge in [-0.15, -0.1) is 0 Å². The van der Waals surface area contributed by atoms with E-state index in [4.69, 9.17) is 17.0 Å². The molecule has 4 aromatic rings. The van der Waals surface area contributed by atoms with Gasteiger partial charge in [-0.25, -0.2) is 0 Å². The van der Waals surface area contributed by atoms with Gasteiger partial charge in [0, 0.05) is 36.0 Å². The molecular formula is C32H33N5O2S. The van der Waals surface area contributed by atoms with Gasteiger partial charge in [-0.05, 0) is 85.2 Å². The third-order valence-electron chi connectivity index (χ3n) is 7.72. The van der Waals surface area contributed by atoms with Gasteiger partial charge in [0.05, 0.1) is 17.8 Å². The van der Waals surface area contributed by atoms with Crippen LogP contribution in [0.15, 0.2) is 97.5 Å². The molecular weight excluding hydrogens is 518 g/mol. The maximum absolute atomic E-state index is 12.5. The second-order valence-electron chi connectivity index (χ2n) is 10.4. The highest BCUT2D eigenvalue weighted by Gasteiger charge is 2.41. The number of carbonyl (C=O) groups excluding carboxylic acids is 1. The molecule has 1 aliphatic heterocycles. The number of pyridine rings is 1. The van der Waals surface area contributed by atoms with Gasteiger partial charge in [0.2, 0.25) is 0 Å². The van der Waals surface area contributed by atoms with Gasteiger partial charge in [0.15, 0.2) is 11.7 Å². The minimum absolute atomic E-state index is 0.0578. The van der Waals surface area contributed by atoms with E-state index in [1.54, 1.807) is 0 Å². The zero-order chi connectivity index (χ0) is 27.3. The number of thiocarbonyl (C=S) groups is 1. The number of hydrogen-bond acceptors (Lipinski definition) is 4. The third kappa shape index (κ3) is 5.72. The van der Waals surface area contributed by atoms with Crippen molar-refractivity contribution in [3.05, 3.63) is 109 Å². The van der Waals surface area contributed by atoms with Gasteiger partial charge < -0.3 is 24.8 Å². The zero-order valence-corrected chi connectivity index (χ0v) is 23.1. The van der Waals surface area contributed by atoms with Crippen molar-refractivity contribution in [1.82, 2.24) is 14.9 Å². The maximum atomic E-state index is 12.5. The summed E-state index contributed by atoms with van der Waals surface area (Å²) in [4.78, 5) is 19.3. The first-order valence-corrected chi connectivity index (χ1v) is 14.3. The minimum atomic E-state index is -0.216. The van der Waals surface area contributed by atoms with Gasteiger partial charge in [-0.1, -0.05) is 43.5 Å². The van der Waals surface area contributed by atoms with Crippen LogP contribution in [0.4, 0.5) is 11.4 Å². The van der Waals surface area contributed by atoms with E-state index < -0.39 is 0 Å². The Morgan fingerprint density at radius 3 is 2.50 bits per heavy atom. The molecule has 6 rings (SSSR count). The zero-order valence-electron chi connectivity index (χ0n) is 22.3. The van der Waals surface area contributed by atoms with Gasteiger partial charge in [-0.3, -0.25) is 9.78 Å². The summed E-state index contributed by atoms with van der Waals surface area (Å²) in [7, 11) is 0. The first-order chi connectivity index (χ1) is 19.7. The first-order valence-electron chi connectivity index (χ1n) is 13.9. The Hall–Kier alpha value is -4.17. The molecule has 1 saturated carbocycles. The van der Waals surface area contributed by atoms with Crippen LogP contribution in [0.2, 0.25) is 0 Å². The van der Waals surface area contributed by atoms with Gasteiger partial charge in [0.25, 0.3) is 5.91 Å². The Balaban J connectivity index is 1.22. The third-order valence-corrected chi connectivity index (χ3v) is 8.03. The Bertz CT molecular complexity index is 1440. The van der Waals surface area contributed by atoms with E-state index in [1.807, 2.05) is 79.0 Å². The molecule has 2 aliphatic rings.